The molecule has 0 atom stereocenters. The van der Waals surface area contributed by atoms with E-state index in [1.165, 1.54) is 11.6 Å². The molecular formula is C21H25FN4O. The molecule has 0 amide bonds. The van der Waals surface area contributed by atoms with Gasteiger partial charge in [0.05, 0.1) is 11.4 Å². The summed E-state index contributed by atoms with van der Waals surface area (Å²) in [5.41, 5.74) is 10.5. The number of phenolic OH excluding ortho intramolecular Hbond substituents is 1. The number of phenols is 1. The highest BCUT2D eigenvalue weighted by Crippen LogP contribution is 2.30. The van der Waals surface area contributed by atoms with E-state index < -0.39 is 0 Å². The average molecular weight is 368 g/mol. The number of hydrogen-bond acceptors (Lipinski definition) is 5. The van der Waals surface area contributed by atoms with Crippen molar-refractivity contribution < 1.29 is 9.50 Å². The van der Waals surface area contributed by atoms with Crippen LogP contribution in [0, 0.1) is 18.3 Å². The number of hydrogen-bond donors (Lipinski definition) is 3. The van der Waals surface area contributed by atoms with Gasteiger partial charge in [-0.15, -0.1) is 0 Å². The van der Waals surface area contributed by atoms with E-state index >= 15 is 0 Å². The number of rotatable bonds is 6. The third-order valence-corrected chi connectivity index (χ3v) is 4.97. The van der Waals surface area contributed by atoms with Crippen molar-refractivity contribution in [1.82, 2.24) is 4.90 Å². The molecule has 0 bridgehead atoms. The lowest BCUT2D eigenvalue weighted by molar-refractivity contribution is 0.227. The number of nitrogens with zero attached hydrogens (tertiary/aromatic N) is 2. The van der Waals surface area contributed by atoms with Gasteiger partial charge >= 0.3 is 0 Å². The number of benzene rings is 2. The summed E-state index contributed by atoms with van der Waals surface area (Å²) in [4.78, 5) is 2.25. The predicted octanol–water partition coefficient (Wildman–Crippen LogP) is 5.00. The van der Waals surface area contributed by atoms with Gasteiger partial charge in [-0.1, -0.05) is 18.2 Å². The third-order valence-electron chi connectivity index (χ3n) is 4.97. The van der Waals surface area contributed by atoms with Gasteiger partial charge in [-0.2, -0.15) is 5.11 Å². The standard InChI is InChI=1S/C21H25FN4O/c1-15-5-6-20(22)21(11-15)24-13-18(25-23)14-26-9-7-16(8-10-26)17-3-2-4-19(27)12-17/h2-6,11-13,16,23-24,27H,7-10,14H2,1H3/b18-13-,25-23?. The van der Waals surface area contributed by atoms with Crippen molar-refractivity contribution in [2.24, 2.45) is 5.11 Å². The third kappa shape index (κ3) is 5.14. The van der Waals surface area contributed by atoms with E-state index in [0.717, 1.165) is 31.5 Å². The Bertz CT molecular complexity index is 829. The minimum atomic E-state index is -0.326. The van der Waals surface area contributed by atoms with Crippen LogP contribution >= 0.6 is 0 Å². The summed E-state index contributed by atoms with van der Waals surface area (Å²) in [6, 6.07) is 12.3. The summed E-state index contributed by atoms with van der Waals surface area (Å²) in [5.74, 6) is 0.420. The monoisotopic (exact) mass is 368 g/mol. The first-order valence-corrected chi connectivity index (χ1v) is 9.15. The molecule has 2 aromatic carbocycles. The lowest BCUT2D eigenvalue weighted by atomic mass is 9.89. The Labute approximate surface area is 159 Å². The van der Waals surface area contributed by atoms with Gasteiger partial charge < -0.3 is 10.4 Å². The number of aromatic hydroxyl groups is 1. The fourth-order valence-electron chi connectivity index (χ4n) is 3.46. The molecule has 1 heterocycles. The van der Waals surface area contributed by atoms with Crippen LogP contribution in [0.5, 0.6) is 5.75 Å². The van der Waals surface area contributed by atoms with Crippen LogP contribution in [0.3, 0.4) is 0 Å². The molecule has 1 aliphatic rings. The lowest BCUT2D eigenvalue weighted by Crippen LogP contribution is -2.34. The van der Waals surface area contributed by atoms with Gasteiger partial charge in [-0.05, 0) is 74.2 Å². The molecule has 0 radical (unpaired) electrons. The van der Waals surface area contributed by atoms with E-state index in [1.807, 2.05) is 19.1 Å². The smallest absolute Gasteiger partial charge is 0.146 e. The van der Waals surface area contributed by atoms with Gasteiger partial charge in [0.1, 0.15) is 11.6 Å². The molecule has 0 aromatic heterocycles. The van der Waals surface area contributed by atoms with Crippen molar-refractivity contribution in [2.45, 2.75) is 25.7 Å². The van der Waals surface area contributed by atoms with Gasteiger partial charge in [-0.3, -0.25) is 4.90 Å². The number of aryl methyl sites for hydroxylation is 1. The van der Waals surface area contributed by atoms with Crippen molar-refractivity contribution in [2.75, 3.05) is 25.0 Å². The quantitative estimate of drug-likeness (QED) is 0.628. The highest BCUT2D eigenvalue weighted by molar-refractivity contribution is 5.49. The molecule has 3 N–H and O–H groups in total. The Morgan fingerprint density at radius 1 is 1.30 bits per heavy atom. The molecule has 6 heteroatoms. The van der Waals surface area contributed by atoms with Gasteiger partial charge in [0.2, 0.25) is 0 Å². The number of anilines is 1. The molecule has 0 saturated carbocycles. The Kier molecular flexibility index (Phi) is 6.19. The zero-order valence-electron chi connectivity index (χ0n) is 15.5. The molecule has 1 saturated heterocycles. The Morgan fingerprint density at radius 3 is 2.78 bits per heavy atom. The van der Waals surface area contributed by atoms with Crippen LogP contribution in [0.1, 0.15) is 29.9 Å². The van der Waals surface area contributed by atoms with Gasteiger partial charge in [0, 0.05) is 12.7 Å². The second-order valence-electron chi connectivity index (χ2n) is 7.02. The average Bonchev–Trinajstić information content (AvgIpc) is 2.68. The highest BCUT2D eigenvalue weighted by Gasteiger charge is 2.21. The molecule has 0 unspecified atom stereocenters. The molecule has 2 aromatic rings. The topological polar surface area (TPSA) is 71.7 Å². The summed E-state index contributed by atoms with van der Waals surface area (Å²) >= 11 is 0. The molecule has 1 fully saturated rings. The van der Waals surface area contributed by atoms with Crippen molar-refractivity contribution in [3.05, 3.63) is 71.3 Å². The fraction of sp³-hybridized carbons (Fsp3) is 0.333. The Balaban J connectivity index is 1.56. The second kappa shape index (κ2) is 8.77. The van der Waals surface area contributed by atoms with E-state index in [4.69, 9.17) is 5.53 Å². The normalized spacial score (nSPS) is 16.3. The zero-order chi connectivity index (χ0) is 19.2. The summed E-state index contributed by atoms with van der Waals surface area (Å²) in [5, 5.41) is 16.2. The largest absolute Gasteiger partial charge is 0.508 e. The van der Waals surface area contributed by atoms with E-state index in [-0.39, 0.29) is 5.82 Å². The fourth-order valence-corrected chi connectivity index (χ4v) is 3.46. The zero-order valence-corrected chi connectivity index (χ0v) is 15.5. The van der Waals surface area contributed by atoms with Crippen LogP contribution in [0.4, 0.5) is 10.1 Å². The second-order valence-corrected chi connectivity index (χ2v) is 7.02. The van der Waals surface area contributed by atoms with E-state index in [1.54, 1.807) is 24.4 Å². The molecule has 142 valence electrons. The van der Waals surface area contributed by atoms with Gasteiger partial charge in [0.15, 0.2) is 0 Å². The maximum atomic E-state index is 13.8. The van der Waals surface area contributed by atoms with Crippen molar-refractivity contribution in [3.8, 4) is 5.75 Å². The van der Waals surface area contributed by atoms with Crippen LogP contribution in [0.25, 0.3) is 0 Å². The molecule has 0 aliphatic carbocycles. The maximum absolute atomic E-state index is 13.8. The van der Waals surface area contributed by atoms with Crippen molar-refractivity contribution in [3.63, 3.8) is 0 Å². The van der Waals surface area contributed by atoms with Crippen LogP contribution in [-0.2, 0) is 0 Å². The molecule has 3 rings (SSSR count). The van der Waals surface area contributed by atoms with Crippen LogP contribution in [-0.4, -0.2) is 29.6 Å². The minimum absolute atomic E-state index is 0.308. The summed E-state index contributed by atoms with van der Waals surface area (Å²) in [7, 11) is 0. The van der Waals surface area contributed by atoms with E-state index in [0.29, 0.717) is 29.6 Å². The maximum Gasteiger partial charge on any atom is 0.146 e. The Morgan fingerprint density at radius 2 is 2.07 bits per heavy atom. The van der Waals surface area contributed by atoms with Crippen LogP contribution < -0.4 is 5.32 Å². The predicted molar refractivity (Wildman–Crippen MR) is 105 cm³/mol. The molecular weight excluding hydrogens is 343 g/mol. The van der Waals surface area contributed by atoms with Gasteiger partial charge in [0.25, 0.3) is 0 Å². The highest BCUT2D eigenvalue weighted by atomic mass is 19.1. The van der Waals surface area contributed by atoms with Gasteiger partial charge in [-0.25, -0.2) is 9.92 Å². The molecule has 27 heavy (non-hydrogen) atoms. The first-order chi connectivity index (χ1) is 13.0. The number of nitrogens with one attached hydrogen (secondary N) is 2. The summed E-state index contributed by atoms with van der Waals surface area (Å²) in [6.07, 6.45) is 3.59. The van der Waals surface area contributed by atoms with Crippen LogP contribution in [0.15, 0.2) is 59.5 Å². The first-order valence-electron chi connectivity index (χ1n) is 9.15. The SMILES string of the molecule is Cc1ccc(F)c(N/C=C(/CN2CCC(c3cccc(O)c3)CC2)N=N)c1. The Hall–Kier alpha value is -2.73. The van der Waals surface area contributed by atoms with E-state index in [9.17, 15) is 9.50 Å². The molecule has 0 spiro atoms. The van der Waals surface area contributed by atoms with E-state index in [2.05, 4.69) is 21.4 Å². The first kappa shape index (κ1) is 19.0. The molecule has 5 nitrogen and oxygen atoms in total. The number of likely N-dealkylation sites (tertiary alicyclic amines) is 1. The minimum Gasteiger partial charge on any atom is -0.508 e. The number of halogens is 1. The molecule has 1 aliphatic heterocycles. The number of piperidine rings is 1. The lowest BCUT2D eigenvalue weighted by Gasteiger charge is -2.32. The van der Waals surface area contributed by atoms with Crippen molar-refractivity contribution in [1.29, 1.82) is 5.53 Å². The van der Waals surface area contributed by atoms with Crippen LogP contribution in [0.2, 0.25) is 0 Å². The summed E-state index contributed by atoms with van der Waals surface area (Å²) < 4.78 is 13.8. The van der Waals surface area contributed by atoms with Crippen molar-refractivity contribution >= 4 is 5.69 Å². The summed E-state index contributed by atoms with van der Waals surface area (Å²) in [6.45, 7) is 4.25.